The molecule has 0 unspecified atom stereocenters. The lowest BCUT2D eigenvalue weighted by Gasteiger charge is -2.05. The number of thiophene rings is 4. The van der Waals surface area contributed by atoms with Gasteiger partial charge in [-0.15, -0.1) is 45.3 Å². The van der Waals surface area contributed by atoms with Crippen molar-refractivity contribution in [3.05, 3.63) is 306 Å². The van der Waals surface area contributed by atoms with Crippen molar-refractivity contribution in [2.45, 2.75) is 0 Å². The molecule has 22 aromatic rings. The fourth-order valence-electron chi connectivity index (χ4n) is 14.9. The first-order chi connectivity index (χ1) is 50.1. The number of hydrogen-bond donors (Lipinski definition) is 2. The Morgan fingerprint density at radius 3 is 0.755 bits per heavy atom. The average Bonchev–Trinajstić information content (AvgIpc) is 1.57. The van der Waals surface area contributed by atoms with Crippen molar-refractivity contribution in [1.82, 2.24) is 0 Å². The maximum Gasteiger partial charge on any atom is 0.488 e. The van der Waals surface area contributed by atoms with E-state index in [0.29, 0.717) is 5.46 Å². The number of fused-ring (bicyclic) bond motifs is 23. The van der Waals surface area contributed by atoms with Crippen LogP contribution in [0.25, 0.3) is 202 Å². The summed E-state index contributed by atoms with van der Waals surface area (Å²) in [6.45, 7) is 0. The topological polar surface area (TPSA) is 79.9 Å². The zero-order chi connectivity index (χ0) is 67.8. The highest BCUT2D eigenvalue weighted by molar-refractivity contribution is 9.10. The molecular weight excluding hydrogens is 1460 g/mol. The van der Waals surface area contributed by atoms with Crippen LogP contribution < -0.4 is 5.46 Å². The highest BCUT2D eigenvalue weighted by atomic mass is 79.9. The van der Waals surface area contributed by atoms with E-state index in [1.807, 2.05) is 75.7 Å². The van der Waals surface area contributed by atoms with E-state index in [1.54, 1.807) is 18.2 Å². The molecule has 102 heavy (non-hydrogen) atoms. The van der Waals surface area contributed by atoms with Gasteiger partial charge in [-0.05, 0) is 213 Å². The molecule has 0 bridgehead atoms. The van der Waals surface area contributed by atoms with E-state index in [-0.39, 0.29) is 0 Å². The molecule has 0 radical (unpaired) electrons. The van der Waals surface area contributed by atoms with Gasteiger partial charge in [-0.1, -0.05) is 177 Å². The molecule has 22 rings (SSSR count). The van der Waals surface area contributed by atoms with Crippen LogP contribution in [-0.4, -0.2) is 17.2 Å². The minimum absolute atomic E-state index is 0.459. The second-order valence-electron chi connectivity index (χ2n) is 25.8. The predicted octanol–water partition coefficient (Wildman–Crippen LogP) is 27.8. The fourth-order valence-corrected chi connectivity index (χ4v) is 20.0. The summed E-state index contributed by atoms with van der Waals surface area (Å²) in [5.74, 6) is 0. The summed E-state index contributed by atoms with van der Waals surface area (Å²) < 4.78 is 31.4. The molecule has 0 aliphatic carbocycles. The van der Waals surface area contributed by atoms with E-state index in [4.69, 9.17) is 13.3 Å². The summed E-state index contributed by atoms with van der Waals surface area (Å²) in [5, 5.41) is 35.9. The van der Waals surface area contributed by atoms with Crippen LogP contribution in [-0.2, 0) is 0 Å². The van der Waals surface area contributed by atoms with Crippen molar-refractivity contribution in [3.63, 3.8) is 0 Å². The fraction of sp³-hybridized carbons (Fsp3) is 0. The summed E-state index contributed by atoms with van der Waals surface area (Å²) in [7, 11) is -1.48. The number of rotatable bonds is 6. The van der Waals surface area contributed by atoms with Crippen molar-refractivity contribution in [1.29, 1.82) is 0 Å². The molecule has 2 N–H and O–H groups in total. The quantitative estimate of drug-likeness (QED) is 0.162. The Morgan fingerprint density at radius 2 is 0.451 bits per heavy atom. The molecule has 0 aliphatic rings. The van der Waals surface area contributed by atoms with Gasteiger partial charge in [-0.25, -0.2) is 0 Å². The van der Waals surface area contributed by atoms with E-state index >= 15 is 0 Å². The van der Waals surface area contributed by atoms with Crippen LogP contribution in [0.4, 0.5) is 0 Å². The zero-order valence-electron chi connectivity index (χ0n) is 53.9. The minimum Gasteiger partial charge on any atom is -0.456 e. The molecule has 0 aliphatic heterocycles. The third kappa shape index (κ3) is 10.6. The van der Waals surface area contributed by atoms with Gasteiger partial charge in [-0.2, -0.15) is 0 Å². The van der Waals surface area contributed by atoms with Crippen LogP contribution in [0.2, 0.25) is 0 Å². The highest BCUT2D eigenvalue weighted by Crippen LogP contribution is 2.49. The summed E-state index contributed by atoms with van der Waals surface area (Å²) in [6.07, 6.45) is 0. The van der Waals surface area contributed by atoms with E-state index in [1.165, 1.54) is 125 Å². The molecule has 5 nitrogen and oxygen atoms in total. The lowest BCUT2D eigenvalue weighted by atomic mass is 9.80. The van der Waals surface area contributed by atoms with Gasteiger partial charge in [0.1, 0.15) is 33.5 Å². The van der Waals surface area contributed by atoms with Gasteiger partial charge in [0, 0.05) is 122 Å². The van der Waals surface area contributed by atoms with Crippen molar-refractivity contribution >= 4 is 236 Å². The molecule has 482 valence electrons. The van der Waals surface area contributed by atoms with Gasteiger partial charge in [0.2, 0.25) is 0 Å². The van der Waals surface area contributed by atoms with Crippen molar-refractivity contribution in [2.75, 3.05) is 0 Å². The molecule has 7 aromatic heterocycles. The molecule has 0 spiro atoms. The Balaban J connectivity index is 0.000000128. The first-order valence-electron chi connectivity index (χ1n) is 33.5. The Kier molecular flexibility index (Phi) is 14.8. The lowest BCUT2D eigenvalue weighted by molar-refractivity contribution is 0.426. The third-order valence-corrected chi connectivity index (χ3v) is 25.3. The van der Waals surface area contributed by atoms with Crippen molar-refractivity contribution in [2.24, 2.45) is 0 Å². The van der Waals surface area contributed by atoms with Crippen molar-refractivity contribution < 1.29 is 23.3 Å². The second-order valence-corrected chi connectivity index (χ2v) is 32.0. The Bertz CT molecular complexity index is 6800. The SMILES string of the molecule is Brc1ccc2sc3ccc4sc5ccc(Br)cc5c4c3c2c1.OB(O)c1ccc2oc3ccc(-c4ccccc4)cc3c2c1.c1ccc(-c2ccc3oc4ccc(-c5ccc6sc7ccc8sc9ccc(-c%10ccc%11oc%12ccc(-c%13ccccc%13)cc%12c%11c%10)cc9c8c7c6c5)cc4c3c2)cc1. The smallest absolute Gasteiger partial charge is 0.456 e. The normalized spacial score (nSPS) is 11.9. The first-order valence-corrected chi connectivity index (χ1v) is 38.3. The van der Waals surface area contributed by atoms with Gasteiger partial charge in [0.15, 0.2) is 0 Å². The van der Waals surface area contributed by atoms with Gasteiger partial charge in [-0.3, -0.25) is 0 Å². The number of halogens is 2. The van der Waals surface area contributed by atoms with Crippen LogP contribution in [0.3, 0.4) is 0 Å². The Morgan fingerprint density at radius 1 is 0.216 bits per heavy atom. The van der Waals surface area contributed by atoms with E-state index < -0.39 is 7.12 Å². The van der Waals surface area contributed by atoms with Crippen LogP contribution >= 0.6 is 77.2 Å². The van der Waals surface area contributed by atoms with E-state index in [9.17, 15) is 10.0 Å². The molecule has 12 heteroatoms. The summed E-state index contributed by atoms with van der Waals surface area (Å²) in [4.78, 5) is 0. The molecule has 0 amide bonds. The van der Waals surface area contributed by atoms with Gasteiger partial charge < -0.3 is 23.3 Å². The maximum atomic E-state index is 9.35. The van der Waals surface area contributed by atoms with Crippen LogP contribution in [0, 0.1) is 0 Å². The van der Waals surface area contributed by atoms with Crippen LogP contribution in [0.15, 0.2) is 319 Å². The van der Waals surface area contributed by atoms with E-state index in [2.05, 4.69) is 281 Å². The molecule has 0 saturated heterocycles. The predicted molar refractivity (Wildman–Crippen MR) is 445 cm³/mol. The monoisotopic (exact) mass is 1510 g/mol. The molecule has 15 aromatic carbocycles. The summed E-state index contributed by atoms with van der Waals surface area (Å²) >= 11 is 14.7. The van der Waals surface area contributed by atoms with Gasteiger partial charge in [0.05, 0.1) is 0 Å². The lowest BCUT2D eigenvalue weighted by Crippen LogP contribution is -2.29. The summed E-state index contributed by atoms with van der Waals surface area (Å²) in [6, 6.07) is 105. The second kappa shape index (κ2) is 24.7. The number of benzene rings is 15. The number of hydrogen-bond acceptors (Lipinski definition) is 9. The van der Waals surface area contributed by atoms with Crippen LogP contribution in [0.5, 0.6) is 0 Å². The molecule has 0 atom stereocenters. The van der Waals surface area contributed by atoms with Crippen LogP contribution in [0.1, 0.15) is 0 Å². The Hall–Kier alpha value is -10.5. The molecule has 7 heterocycles. The third-order valence-electron chi connectivity index (χ3n) is 19.8. The Labute approximate surface area is 616 Å². The van der Waals surface area contributed by atoms with E-state index in [0.717, 1.165) is 85.9 Å². The first kappa shape index (κ1) is 61.4. The maximum absolute atomic E-state index is 9.35. The van der Waals surface area contributed by atoms with Gasteiger partial charge in [0.25, 0.3) is 0 Å². The zero-order valence-corrected chi connectivity index (χ0v) is 60.3. The molecule has 0 fully saturated rings. The minimum atomic E-state index is -1.48. The summed E-state index contributed by atoms with van der Waals surface area (Å²) in [5.41, 5.74) is 17.4. The molecule has 0 saturated carbocycles. The van der Waals surface area contributed by atoms with Gasteiger partial charge >= 0.3 is 7.12 Å². The largest absolute Gasteiger partial charge is 0.488 e. The standard InChI is InChI=1S/C54H30O2S2.C18H13BO3.C18H8Br2S2/c1-3-7-31(8-4-1)33-11-17-45-39(25-33)41-27-35(13-19-47(41)55-45)37-15-21-49-43(29-37)53-51(57-49)23-24-52-54(53)44-30-38(16-22-50(44)58-52)36-14-20-48-42(28-36)40-26-34(12-18-46(40)56-48)32-9-5-2-6-10-32;20-19(21)14-7-9-18-16(11-14)15-10-13(6-8-17(15)22-18)12-4-2-1-3-5-12;19-9-1-3-13-11(7-9)17-15(21-13)5-6-16-18(17)12-8-10(20)2-4-14(12)22-16/h1-30H;1-11,20-21H;1-8H. The van der Waals surface area contributed by atoms with Crippen molar-refractivity contribution in [3.8, 4) is 55.6 Å². The average molecular weight is 1510 g/mol. The highest BCUT2D eigenvalue weighted by Gasteiger charge is 2.21. The number of furan rings is 3. The molecular formula is C90H51BBr2O5S4.